The second-order valence-electron chi connectivity index (χ2n) is 17.8. The third kappa shape index (κ3) is 1.77. The van der Waals surface area contributed by atoms with Crippen LogP contribution in [-0.4, -0.2) is 0 Å². The van der Waals surface area contributed by atoms with E-state index in [1.807, 2.05) is 0 Å². The highest BCUT2D eigenvalue weighted by atomic mass is 14.5. The summed E-state index contributed by atoms with van der Waals surface area (Å²) in [6.45, 7) is 4.70. The molecule has 0 amide bonds. The molecule has 0 spiro atoms. The second-order valence-corrected chi connectivity index (χ2v) is 17.8. The molecule has 0 heterocycles. The van der Waals surface area contributed by atoms with Crippen molar-refractivity contribution in [2.24, 2.45) is 0 Å². The second kappa shape index (κ2) is 6.24. The van der Waals surface area contributed by atoms with Crippen molar-refractivity contribution in [3.63, 3.8) is 0 Å². The smallest absolute Gasteiger partial charge is 0.000000770 e. The summed E-state index contributed by atoms with van der Waals surface area (Å²) < 4.78 is 0. The normalized spacial score (nSPS) is 19.2. The number of hydrogen-bond acceptors (Lipinski definition) is 0. The standard InChI is InChI=1S/C51H24/c1-16(2)17-3-4-18-14-28-29(15-19(18)13-17)31-27-12-10-25-23-8-6-21-20-5-7-22-24-9-11-26-30(28)40-41(31)46-39(27)37(25)44-35(23)33(21)42-32(20)34(22)43-36(24)38(26)45(40)50-48(43)47(42)49(44)51(46)50/h3-13,16,28-29H,14-15H2,1-2H3. The number of fused-ring (bicyclic) bond motifs is 9. The van der Waals surface area contributed by atoms with Crippen LogP contribution in [0, 0.1) is 0 Å². The highest BCUT2D eigenvalue weighted by Crippen LogP contribution is 2.70. The molecule has 2 atom stereocenters. The van der Waals surface area contributed by atoms with Gasteiger partial charge in [-0.15, -0.1) is 0 Å². The predicted molar refractivity (Wildman–Crippen MR) is 219 cm³/mol. The largest absolute Gasteiger partial charge is 0.0587 e. The maximum absolute atomic E-state index is 2.58. The lowest BCUT2D eigenvalue weighted by Gasteiger charge is -2.37. The van der Waals surface area contributed by atoms with E-state index in [0.29, 0.717) is 17.8 Å². The van der Waals surface area contributed by atoms with Crippen molar-refractivity contribution in [2.45, 2.75) is 44.4 Å². The fraction of sp³-hybridized carbons (Fsp3) is 0.137. The Hall–Kier alpha value is -5.72. The van der Waals surface area contributed by atoms with E-state index in [4.69, 9.17) is 0 Å². The molecule has 16 aromatic rings. The summed E-state index contributed by atoms with van der Waals surface area (Å²) in [5.41, 5.74) is 8.05. The van der Waals surface area contributed by atoms with Gasteiger partial charge in [-0.1, -0.05) is 80.6 Å². The number of rotatable bonds is 1. The first-order chi connectivity index (χ1) is 25.2. The van der Waals surface area contributed by atoms with Crippen LogP contribution in [0.5, 0.6) is 0 Å². The van der Waals surface area contributed by atoms with Crippen molar-refractivity contribution < 1.29 is 0 Å². The highest BCUT2D eigenvalue weighted by molar-refractivity contribution is 6.69. The third-order valence-electron chi connectivity index (χ3n) is 16.1. The molecule has 0 saturated heterocycles. The molecule has 0 aliphatic heterocycles. The molecule has 0 saturated carbocycles. The molecule has 18 rings (SSSR count). The van der Waals surface area contributed by atoms with Crippen LogP contribution in [0.2, 0.25) is 0 Å². The van der Waals surface area contributed by atoms with Gasteiger partial charge in [-0.25, -0.2) is 0 Å². The van der Waals surface area contributed by atoms with Crippen molar-refractivity contribution in [1.29, 1.82) is 0 Å². The number of hydrogen-bond donors (Lipinski definition) is 0. The Morgan fingerprint density at radius 1 is 0.333 bits per heavy atom. The van der Waals surface area contributed by atoms with Crippen LogP contribution in [0.3, 0.4) is 0 Å². The van der Waals surface area contributed by atoms with Gasteiger partial charge in [0.1, 0.15) is 0 Å². The molecule has 228 valence electrons. The lowest BCUT2D eigenvalue weighted by atomic mass is 9.66. The quantitative estimate of drug-likeness (QED) is 0.157. The Balaban J connectivity index is 1.24. The zero-order valence-corrected chi connectivity index (χ0v) is 28.0. The lowest BCUT2D eigenvalue weighted by molar-refractivity contribution is 0.509. The molecule has 0 fully saturated rings. The van der Waals surface area contributed by atoms with Crippen LogP contribution in [0.4, 0.5) is 0 Å². The van der Waals surface area contributed by atoms with Crippen molar-refractivity contribution >= 4 is 151 Å². The average Bonchev–Trinajstić information content (AvgIpc) is 3.97. The van der Waals surface area contributed by atoms with Gasteiger partial charge in [-0.3, -0.25) is 0 Å². The molecule has 0 bridgehead atoms. The molecule has 2 aliphatic carbocycles. The minimum absolute atomic E-state index is 0.490. The Bertz CT molecular complexity index is 4170. The average molecular weight is 637 g/mol. The summed E-state index contributed by atoms with van der Waals surface area (Å²) in [5.74, 6) is 1.53. The van der Waals surface area contributed by atoms with Gasteiger partial charge < -0.3 is 0 Å². The van der Waals surface area contributed by atoms with E-state index in [2.05, 4.69) is 80.6 Å². The van der Waals surface area contributed by atoms with Gasteiger partial charge in [-0.05, 0) is 209 Å². The maximum atomic E-state index is 2.58. The Kier molecular flexibility index (Phi) is 2.80. The molecule has 51 heavy (non-hydrogen) atoms. The first kappa shape index (κ1) is 22.9. The van der Waals surface area contributed by atoms with Gasteiger partial charge in [0.15, 0.2) is 0 Å². The minimum atomic E-state index is 0.490. The lowest BCUT2D eigenvalue weighted by Crippen LogP contribution is -2.24. The number of benzene rings is 10. The van der Waals surface area contributed by atoms with E-state index in [-0.39, 0.29) is 0 Å². The highest BCUT2D eigenvalue weighted by Gasteiger charge is 2.45. The van der Waals surface area contributed by atoms with Crippen LogP contribution in [0.15, 0.2) is 66.7 Å². The van der Waals surface area contributed by atoms with Gasteiger partial charge >= 0.3 is 0 Å². The molecule has 0 nitrogen and oxygen atoms in total. The van der Waals surface area contributed by atoms with Gasteiger partial charge in [0.05, 0.1) is 0 Å². The zero-order chi connectivity index (χ0) is 32.0. The van der Waals surface area contributed by atoms with Crippen molar-refractivity contribution in [3.05, 3.63) is 94.5 Å². The van der Waals surface area contributed by atoms with Crippen LogP contribution in [0.1, 0.15) is 59.4 Å². The van der Waals surface area contributed by atoms with Gasteiger partial charge in [0.2, 0.25) is 0 Å². The SMILES string of the molecule is CC(C)c1ccc2c(c1)CC1c3c4ccc5c6ccc7c8ccc9c%10ccc%11c(c%12c3c3c4c5c4c6c7c5c8c9c6c%10c%11c%12c7c3c4c5c67)C1C2. The first-order valence-electron chi connectivity index (χ1n) is 19.3. The maximum Gasteiger partial charge on any atom is -0.000000770 e. The topological polar surface area (TPSA) is 0 Å². The summed E-state index contributed by atoms with van der Waals surface area (Å²) in [6, 6.07) is 27.7. The summed E-state index contributed by atoms with van der Waals surface area (Å²) in [5, 5.41) is 43.7. The van der Waals surface area contributed by atoms with Gasteiger partial charge in [0.25, 0.3) is 0 Å². The first-order valence-corrected chi connectivity index (χ1v) is 19.3. The van der Waals surface area contributed by atoms with E-state index in [9.17, 15) is 0 Å². The fourth-order valence-corrected chi connectivity index (χ4v) is 14.6. The summed E-state index contributed by atoms with van der Waals surface area (Å²) in [6.07, 6.45) is 2.28. The Morgan fingerprint density at radius 3 is 1.04 bits per heavy atom. The molecule has 2 unspecified atom stereocenters. The van der Waals surface area contributed by atoms with Crippen LogP contribution < -0.4 is 0 Å². The van der Waals surface area contributed by atoms with E-state index in [1.54, 1.807) is 141 Å². The molecular weight excluding hydrogens is 613 g/mol. The molecule has 2 aliphatic rings. The Morgan fingerprint density at radius 2 is 0.647 bits per heavy atom. The molecule has 0 radical (unpaired) electrons. The van der Waals surface area contributed by atoms with Gasteiger partial charge in [0, 0.05) is 0 Å². The molecule has 0 heteroatoms. The molecule has 0 N–H and O–H groups in total. The summed E-state index contributed by atoms with van der Waals surface area (Å²) in [7, 11) is 0. The van der Waals surface area contributed by atoms with E-state index in [0.717, 1.165) is 12.8 Å². The van der Waals surface area contributed by atoms with Crippen LogP contribution in [0.25, 0.3) is 151 Å². The molecular formula is C51H24. The summed E-state index contributed by atoms with van der Waals surface area (Å²) >= 11 is 0. The van der Waals surface area contributed by atoms with Crippen LogP contribution >= 0.6 is 0 Å². The van der Waals surface area contributed by atoms with Crippen LogP contribution in [-0.2, 0) is 12.8 Å². The molecule has 0 aromatic heterocycles. The van der Waals surface area contributed by atoms with Crippen molar-refractivity contribution in [1.82, 2.24) is 0 Å². The van der Waals surface area contributed by atoms with E-state index < -0.39 is 0 Å². The predicted octanol–water partition coefficient (Wildman–Crippen LogP) is 14.2. The molecule has 16 aromatic carbocycles. The Labute approximate surface area is 288 Å². The monoisotopic (exact) mass is 636 g/mol. The zero-order valence-electron chi connectivity index (χ0n) is 28.0. The van der Waals surface area contributed by atoms with E-state index >= 15 is 0 Å². The minimum Gasteiger partial charge on any atom is -0.0587 e. The van der Waals surface area contributed by atoms with Crippen molar-refractivity contribution in [2.75, 3.05) is 0 Å². The van der Waals surface area contributed by atoms with E-state index in [1.165, 1.54) is 37.9 Å². The third-order valence-corrected chi connectivity index (χ3v) is 16.1. The summed E-state index contributed by atoms with van der Waals surface area (Å²) in [4.78, 5) is 0. The van der Waals surface area contributed by atoms with Gasteiger partial charge in [-0.2, -0.15) is 0 Å². The van der Waals surface area contributed by atoms with Crippen molar-refractivity contribution in [3.8, 4) is 0 Å². The fourth-order valence-electron chi connectivity index (χ4n) is 14.6.